The van der Waals surface area contributed by atoms with Crippen LogP contribution in [0.25, 0.3) is 17.2 Å². The largest absolute Gasteiger partial charge is 0.295 e. The minimum Gasteiger partial charge on any atom is -0.295 e. The van der Waals surface area contributed by atoms with Crippen molar-refractivity contribution in [2.45, 2.75) is 6.92 Å². The van der Waals surface area contributed by atoms with E-state index in [2.05, 4.69) is 6.58 Å². The van der Waals surface area contributed by atoms with Crippen LogP contribution in [0.1, 0.15) is 22.8 Å². The van der Waals surface area contributed by atoms with Gasteiger partial charge in [0.25, 0.3) is 0 Å². The molecule has 90 valence electrons. The highest BCUT2D eigenvalue weighted by Crippen LogP contribution is 2.28. The zero-order chi connectivity index (χ0) is 13.1. The Labute approximate surface area is 106 Å². The molecular formula is C16H13FO. The first kappa shape index (κ1) is 12.2. The highest BCUT2D eigenvalue weighted by atomic mass is 19.1. The lowest BCUT2D eigenvalue weighted by molar-refractivity contribution is 0.101. The SMILES string of the molecule is C=Cc1ccccc1-c1cc(C(C)=O)ccc1F. The Bertz CT molecular complexity index is 614. The van der Waals surface area contributed by atoms with Crippen molar-refractivity contribution in [3.8, 4) is 11.1 Å². The van der Waals surface area contributed by atoms with Gasteiger partial charge in [0, 0.05) is 11.1 Å². The number of rotatable bonds is 3. The molecule has 0 aliphatic carbocycles. The zero-order valence-electron chi connectivity index (χ0n) is 10.1. The monoisotopic (exact) mass is 240 g/mol. The van der Waals surface area contributed by atoms with Gasteiger partial charge in [-0.2, -0.15) is 0 Å². The molecule has 0 radical (unpaired) electrons. The van der Waals surface area contributed by atoms with E-state index in [0.29, 0.717) is 11.1 Å². The summed E-state index contributed by atoms with van der Waals surface area (Å²) >= 11 is 0. The van der Waals surface area contributed by atoms with Crippen LogP contribution in [0.15, 0.2) is 49.0 Å². The van der Waals surface area contributed by atoms with Gasteiger partial charge >= 0.3 is 0 Å². The summed E-state index contributed by atoms with van der Waals surface area (Å²) in [6.45, 7) is 5.18. The van der Waals surface area contributed by atoms with E-state index in [1.165, 1.54) is 19.1 Å². The highest BCUT2D eigenvalue weighted by molar-refractivity contribution is 5.95. The van der Waals surface area contributed by atoms with E-state index >= 15 is 0 Å². The van der Waals surface area contributed by atoms with E-state index in [9.17, 15) is 9.18 Å². The molecule has 0 aliphatic heterocycles. The van der Waals surface area contributed by atoms with Crippen LogP contribution in [0.4, 0.5) is 4.39 Å². The van der Waals surface area contributed by atoms with Crippen LogP contribution in [0.3, 0.4) is 0 Å². The first-order chi connectivity index (χ1) is 8.63. The standard InChI is InChI=1S/C16H13FO/c1-3-12-6-4-5-7-14(12)15-10-13(11(2)18)8-9-16(15)17/h3-10H,1H2,2H3. The second-order valence-corrected chi connectivity index (χ2v) is 4.04. The average molecular weight is 240 g/mol. The Morgan fingerprint density at radius 1 is 1.17 bits per heavy atom. The molecule has 0 aliphatic rings. The summed E-state index contributed by atoms with van der Waals surface area (Å²) in [4.78, 5) is 11.4. The molecule has 2 aromatic rings. The van der Waals surface area contributed by atoms with Gasteiger partial charge in [0.1, 0.15) is 5.82 Å². The van der Waals surface area contributed by atoms with Crippen LogP contribution in [-0.4, -0.2) is 5.78 Å². The minimum absolute atomic E-state index is 0.0765. The summed E-state index contributed by atoms with van der Waals surface area (Å²) in [6.07, 6.45) is 1.68. The van der Waals surface area contributed by atoms with Crippen LogP contribution in [0.2, 0.25) is 0 Å². The molecule has 0 saturated heterocycles. The van der Waals surface area contributed by atoms with Crippen molar-refractivity contribution in [1.29, 1.82) is 0 Å². The van der Waals surface area contributed by atoms with Gasteiger partial charge in [0.05, 0.1) is 0 Å². The van der Waals surface area contributed by atoms with E-state index < -0.39 is 0 Å². The van der Waals surface area contributed by atoms with Crippen molar-refractivity contribution >= 4 is 11.9 Å². The molecule has 0 N–H and O–H groups in total. The molecule has 0 bridgehead atoms. The first-order valence-corrected chi connectivity index (χ1v) is 5.66. The molecule has 0 atom stereocenters. The van der Waals surface area contributed by atoms with Crippen molar-refractivity contribution in [3.05, 3.63) is 66.0 Å². The molecule has 1 nitrogen and oxygen atoms in total. The second-order valence-electron chi connectivity index (χ2n) is 4.04. The topological polar surface area (TPSA) is 17.1 Å². The van der Waals surface area contributed by atoms with E-state index in [0.717, 1.165) is 11.1 Å². The predicted octanol–water partition coefficient (Wildman–Crippen LogP) is 4.34. The molecule has 18 heavy (non-hydrogen) atoms. The molecule has 0 heterocycles. The molecule has 2 aromatic carbocycles. The quantitative estimate of drug-likeness (QED) is 0.729. The van der Waals surface area contributed by atoms with Gasteiger partial charge in [-0.1, -0.05) is 36.9 Å². The van der Waals surface area contributed by atoms with E-state index in [4.69, 9.17) is 0 Å². The summed E-state index contributed by atoms with van der Waals surface area (Å²) in [5.41, 5.74) is 2.52. The summed E-state index contributed by atoms with van der Waals surface area (Å²) < 4.78 is 13.9. The summed E-state index contributed by atoms with van der Waals surface area (Å²) in [5.74, 6) is -0.415. The second kappa shape index (κ2) is 4.96. The third-order valence-electron chi connectivity index (χ3n) is 2.84. The zero-order valence-corrected chi connectivity index (χ0v) is 10.1. The third kappa shape index (κ3) is 2.23. The van der Waals surface area contributed by atoms with E-state index in [-0.39, 0.29) is 11.6 Å². The number of carbonyl (C=O) groups is 1. The molecule has 2 heteroatoms. The Balaban J connectivity index is 2.66. The van der Waals surface area contributed by atoms with Gasteiger partial charge in [-0.15, -0.1) is 0 Å². The number of carbonyl (C=O) groups excluding carboxylic acids is 1. The van der Waals surface area contributed by atoms with Crippen LogP contribution >= 0.6 is 0 Å². The fourth-order valence-electron chi connectivity index (χ4n) is 1.87. The van der Waals surface area contributed by atoms with Crippen LogP contribution < -0.4 is 0 Å². The first-order valence-electron chi connectivity index (χ1n) is 5.66. The van der Waals surface area contributed by atoms with Crippen molar-refractivity contribution in [1.82, 2.24) is 0 Å². The summed E-state index contributed by atoms with van der Waals surface area (Å²) in [6, 6.07) is 11.8. The fraction of sp³-hybridized carbons (Fsp3) is 0.0625. The van der Waals surface area contributed by atoms with Crippen molar-refractivity contribution in [2.75, 3.05) is 0 Å². The molecule has 0 spiro atoms. The lowest BCUT2D eigenvalue weighted by Crippen LogP contribution is -1.95. The number of hydrogen-bond acceptors (Lipinski definition) is 1. The lowest BCUT2D eigenvalue weighted by atomic mass is 9.97. The maximum atomic E-state index is 13.9. The summed E-state index contributed by atoms with van der Waals surface area (Å²) in [7, 11) is 0. The number of Topliss-reactive ketones (excluding diaryl/α,β-unsaturated/α-hetero) is 1. The molecular weight excluding hydrogens is 227 g/mol. The Hall–Kier alpha value is -2.22. The Morgan fingerprint density at radius 2 is 1.89 bits per heavy atom. The van der Waals surface area contributed by atoms with Gasteiger partial charge in [-0.25, -0.2) is 4.39 Å². The number of ketones is 1. The Kier molecular flexibility index (Phi) is 3.38. The normalized spacial score (nSPS) is 10.1. The molecule has 0 aromatic heterocycles. The van der Waals surface area contributed by atoms with Gasteiger partial charge in [-0.05, 0) is 36.2 Å². The van der Waals surface area contributed by atoms with Crippen molar-refractivity contribution in [2.24, 2.45) is 0 Å². The minimum atomic E-state index is -0.339. The van der Waals surface area contributed by atoms with Crippen LogP contribution in [0.5, 0.6) is 0 Å². The maximum absolute atomic E-state index is 13.9. The predicted molar refractivity (Wildman–Crippen MR) is 71.9 cm³/mol. The molecule has 2 rings (SSSR count). The number of benzene rings is 2. The van der Waals surface area contributed by atoms with Crippen molar-refractivity contribution in [3.63, 3.8) is 0 Å². The molecule has 0 saturated carbocycles. The number of hydrogen-bond donors (Lipinski definition) is 0. The molecule has 0 unspecified atom stereocenters. The molecule has 0 fully saturated rings. The van der Waals surface area contributed by atoms with Gasteiger partial charge in [-0.3, -0.25) is 4.79 Å². The third-order valence-corrected chi connectivity index (χ3v) is 2.84. The van der Waals surface area contributed by atoms with E-state index in [1.807, 2.05) is 24.3 Å². The highest BCUT2D eigenvalue weighted by Gasteiger charge is 2.10. The van der Waals surface area contributed by atoms with E-state index in [1.54, 1.807) is 12.1 Å². The maximum Gasteiger partial charge on any atom is 0.159 e. The fourth-order valence-corrected chi connectivity index (χ4v) is 1.87. The van der Waals surface area contributed by atoms with Crippen molar-refractivity contribution < 1.29 is 9.18 Å². The van der Waals surface area contributed by atoms with Crippen LogP contribution in [-0.2, 0) is 0 Å². The van der Waals surface area contributed by atoms with Gasteiger partial charge < -0.3 is 0 Å². The Morgan fingerprint density at radius 3 is 2.56 bits per heavy atom. The van der Waals surface area contributed by atoms with Gasteiger partial charge in [0.2, 0.25) is 0 Å². The van der Waals surface area contributed by atoms with Crippen LogP contribution in [0, 0.1) is 5.82 Å². The van der Waals surface area contributed by atoms with Gasteiger partial charge in [0.15, 0.2) is 5.78 Å². The summed E-state index contributed by atoms with van der Waals surface area (Å²) in [5, 5.41) is 0. The number of halogens is 1. The average Bonchev–Trinajstić information content (AvgIpc) is 2.39. The molecule has 0 amide bonds. The smallest absolute Gasteiger partial charge is 0.159 e. The lowest BCUT2D eigenvalue weighted by Gasteiger charge is -2.08.